The molecule has 0 spiro atoms. The second-order valence-corrected chi connectivity index (χ2v) is 10.0. The first-order valence-corrected chi connectivity index (χ1v) is 13.0. The van der Waals surface area contributed by atoms with Gasteiger partial charge in [-0.05, 0) is 54.6 Å². The van der Waals surface area contributed by atoms with Crippen LogP contribution in [-0.2, 0) is 29.0 Å². The highest BCUT2D eigenvalue weighted by molar-refractivity contribution is 8.18. The minimum absolute atomic E-state index is 0.123. The van der Waals surface area contributed by atoms with Gasteiger partial charge >= 0.3 is 0 Å². The normalized spacial score (nSPS) is 17.3. The summed E-state index contributed by atoms with van der Waals surface area (Å²) in [6, 6.07) is 16.0. The molecule has 2 fully saturated rings. The fraction of sp³-hybridized carbons (Fsp3) is 0.321. The number of thioether (sulfide) groups is 1. The van der Waals surface area contributed by atoms with E-state index < -0.39 is 0 Å². The second-order valence-electron chi connectivity index (χ2n) is 9.04. The van der Waals surface area contributed by atoms with E-state index in [9.17, 15) is 14.4 Å². The molecule has 2 saturated heterocycles. The number of aryl methyl sites for hydroxylation is 1. The number of para-hydroxylation sites is 1. The van der Waals surface area contributed by atoms with Crippen LogP contribution in [0.3, 0.4) is 0 Å². The number of imide groups is 1. The van der Waals surface area contributed by atoms with E-state index in [1.54, 1.807) is 0 Å². The van der Waals surface area contributed by atoms with Gasteiger partial charge in [0.15, 0.2) is 0 Å². The summed E-state index contributed by atoms with van der Waals surface area (Å²) < 4.78 is 2.01. The van der Waals surface area contributed by atoms with E-state index >= 15 is 0 Å². The zero-order valence-corrected chi connectivity index (χ0v) is 20.7. The maximum atomic E-state index is 13.1. The maximum absolute atomic E-state index is 13.1. The first kappa shape index (κ1) is 23.4. The average molecular weight is 488 g/mol. The number of hydrogen-bond acceptors (Lipinski definition) is 4. The molecule has 0 bridgehead atoms. The smallest absolute Gasteiger partial charge is 0.293 e. The van der Waals surface area contributed by atoms with Crippen molar-refractivity contribution in [1.29, 1.82) is 0 Å². The summed E-state index contributed by atoms with van der Waals surface area (Å²) >= 11 is 0.988. The van der Waals surface area contributed by atoms with Crippen LogP contribution in [0.15, 0.2) is 59.6 Å². The summed E-state index contributed by atoms with van der Waals surface area (Å²) in [6.07, 6.45) is 7.36. The summed E-state index contributed by atoms with van der Waals surface area (Å²) in [5.41, 5.74) is 4.14. The van der Waals surface area contributed by atoms with Gasteiger partial charge in [0, 0.05) is 36.8 Å². The van der Waals surface area contributed by atoms with Gasteiger partial charge in [-0.3, -0.25) is 19.3 Å². The van der Waals surface area contributed by atoms with E-state index in [1.165, 1.54) is 4.90 Å². The van der Waals surface area contributed by atoms with Crippen LogP contribution in [0.2, 0.25) is 0 Å². The molecule has 3 heterocycles. The minimum Gasteiger partial charge on any atom is -0.341 e. The molecule has 0 aliphatic carbocycles. The quantitative estimate of drug-likeness (QED) is 0.435. The molecular formula is C28H29N3O3S. The van der Waals surface area contributed by atoms with Crippen molar-refractivity contribution in [2.75, 3.05) is 19.6 Å². The molecule has 0 radical (unpaired) electrons. The Balaban J connectivity index is 1.43. The van der Waals surface area contributed by atoms with Gasteiger partial charge in [0.25, 0.3) is 11.1 Å². The van der Waals surface area contributed by atoms with Gasteiger partial charge in [0.2, 0.25) is 5.91 Å². The van der Waals surface area contributed by atoms with E-state index in [1.807, 2.05) is 64.2 Å². The van der Waals surface area contributed by atoms with Crippen molar-refractivity contribution in [3.63, 3.8) is 0 Å². The molecule has 5 rings (SSSR count). The number of rotatable bonds is 7. The largest absolute Gasteiger partial charge is 0.341 e. The molecule has 2 aromatic carbocycles. The maximum Gasteiger partial charge on any atom is 0.293 e. The Morgan fingerprint density at radius 3 is 2.54 bits per heavy atom. The van der Waals surface area contributed by atoms with E-state index in [4.69, 9.17) is 0 Å². The molecule has 3 amide bonds. The van der Waals surface area contributed by atoms with Crippen LogP contribution in [0.5, 0.6) is 0 Å². The Morgan fingerprint density at radius 1 is 1.03 bits per heavy atom. The summed E-state index contributed by atoms with van der Waals surface area (Å²) in [7, 11) is 0. The van der Waals surface area contributed by atoms with Crippen LogP contribution >= 0.6 is 11.8 Å². The number of nitrogens with zero attached hydrogens (tertiary/aromatic N) is 3. The Bertz CT molecular complexity index is 1310. The number of likely N-dealkylation sites (tertiary alicyclic amines) is 1. The Kier molecular flexibility index (Phi) is 6.77. The lowest BCUT2D eigenvalue weighted by molar-refractivity contribution is -0.130. The Hall–Kier alpha value is -3.32. The molecule has 2 aliphatic heterocycles. The van der Waals surface area contributed by atoms with Crippen molar-refractivity contribution in [3.05, 3.63) is 76.3 Å². The number of amides is 3. The number of fused-ring (bicyclic) bond motifs is 1. The molecule has 35 heavy (non-hydrogen) atoms. The lowest BCUT2D eigenvalue weighted by Gasteiger charge is -2.16. The van der Waals surface area contributed by atoms with Gasteiger partial charge < -0.3 is 9.47 Å². The summed E-state index contributed by atoms with van der Waals surface area (Å²) in [4.78, 5) is 42.4. The molecular weight excluding hydrogens is 458 g/mol. The number of aromatic nitrogens is 1. The van der Waals surface area contributed by atoms with Crippen molar-refractivity contribution < 1.29 is 14.4 Å². The van der Waals surface area contributed by atoms with Crippen LogP contribution in [0.25, 0.3) is 17.0 Å². The van der Waals surface area contributed by atoms with Crippen LogP contribution in [0, 0.1) is 0 Å². The summed E-state index contributed by atoms with van der Waals surface area (Å²) in [5, 5.41) is 0.758. The molecule has 180 valence electrons. The van der Waals surface area contributed by atoms with Gasteiger partial charge in [-0.2, -0.15) is 0 Å². The monoisotopic (exact) mass is 487 g/mol. The van der Waals surface area contributed by atoms with Crippen molar-refractivity contribution in [2.45, 2.75) is 39.2 Å². The van der Waals surface area contributed by atoms with Crippen molar-refractivity contribution in [2.24, 2.45) is 0 Å². The average Bonchev–Trinajstić information content (AvgIpc) is 3.59. The van der Waals surface area contributed by atoms with Gasteiger partial charge in [-0.1, -0.05) is 55.5 Å². The van der Waals surface area contributed by atoms with Gasteiger partial charge in [-0.15, -0.1) is 0 Å². The van der Waals surface area contributed by atoms with Gasteiger partial charge in [-0.25, -0.2) is 0 Å². The van der Waals surface area contributed by atoms with Crippen molar-refractivity contribution in [3.8, 4) is 0 Å². The third kappa shape index (κ3) is 4.78. The Labute approximate surface area is 209 Å². The number of benzene rings is 2. The zero-order chi connectivity index (χ0) is 24.4. The topological polar surface area (TPSA) is 62.6 Å². The number of carbonyl (C=O) groups excluding carboxylic acids is 3. The predicted molar refractivity (Wildman–Crippen MR) is 140 cm³/mol. The van der Waals surface area contributed by atoms with Crippen molar-refractivity contribution in [1.82, 2.24) is 14.4 Å². The number of hydrogen-bond donors (Lipinski definition) is 0. The third-order valence-corrected chi connectivity index (χ3v) is 7.69. The molecule has 3 aromatic rings. The number of carbonyl (C=O) groups is 3. The predicted octanol–water partition coefficient (Wildman–Crippen LogP) is 5.11. The lowest BCUT2D eigenvalue weighted by Crippen LogP contribution is -2.30. The molecule has 6 nitrogen and oxygen atoms in total. The minimum atomic E-state index is -0.253. The SMILES string of the molecule is CCc1cccc2c(/C=C3\SC(=O)N(CCc4ccccc4)C3=O)cn(CC(=O)N3CCCC3)c12. The zero-order valence-electron chi connectivity index (χ0n) is 19.9. The van der Waals surface area contributed by atoms with E-state index in [-0.39, 0.29) is 23.6 Å². The fourth-order valence-corrected chi connectivity index (χ4v) is 5.78. The van der Waals surface area contributed by atoms with Gasteiger partial charge in [0.05, 0.1) is 10.4 Å². The molecule has 7 heteroatoms. The fourth-order valence-electron chi connectivity index (χ4n) is 4.92. The first-order chi connectivity index (χ1) is 17.0. The van der Waals surface area contributed by atoms with Crippen LogP contribution in [0.1, 0.15) is 36.5 Å². The standard InChI is InChI=1S/C28H29N3O3S/c1-2-21-11-8-12-23-22(18-30(26(21)23)19-25(32)29-14-6-7-15-29)17-24-27(33)31(28(34)35-24)16-13-20-9-4-3-5-10-20/h3-5,8-12,17-18H,2,6-7,13-16,19H2,1H3/b24-17-. The second kappa shape index (κ2) is 10.1. The highest BCUT2D eigenvalue weighted by Crippen LogP contribution is 2.35. The molecule has 0 saturated carbocycles. The highest BCUT2D eigenvalue weighted by atomic mass is 32.2. The molecule has 0 unspecified atom stereocenters. The first-order valence-electron chi connectivity index (χ1n) is 12.2. The molecule has 1 aromatic heterocycles. The lowest BCUT2D eigenvalue weighted by atomic mass is 10.1. The van der Waals surface area contributed by atoms with Crippen LogP contribution in [0.4, 0.5) is 4.79 Å². The molecule has 2 aliphatic rings. The van der Waals surface area contributed by atoms with Crippen LogP contribution < -0.4 is 0 Å². The summed E-state index contributed by atoms with van der Waals surface area (Å²) in [5.74, 6) is -0.130. The van der Waals surface area contributed by atoms with E-state index in [0.29, 0.717) is 17.9 Å². The Morgan fingerprint density at radius 2 is 1.80 bits per heavy atom. The van der Waals surface area contributed by atoms with Crippen molar-refractivity contribution >= 4 is 45.8 Å². The summed E-state index contributed by atoms with van der Waals surface area (Å²) in [6.45, 7) is 4.38. The third-order valence-electron chi connectivity index (χ3n) is 6.79. The van der Waals surface area contributed by atoms with E-state index in [2.05, 4.69) is 13.0 Å². The highest BCUT2D eigenvalue weighted by Gasteiger charge is 2.35. The molecule has 0 atom stereocenters. The van der Waals surface area contributed by atoms with Crippen LogP contribution in [-0.4, -0.2) is 51.1 Å². The molecule has 0 N–H and O–H groups in total. The van der Waals surface area contributed by atoms with E-state index in [0.717, 1.165) is 71.7 Å². The van der Waals surface area contributed by atoms with Gasteiger partial charge in [0.1, 0.15) is 6.54 Å².